The van der Waals surface area contributed by atoms with E-state index in [9.17, 15) is 0 Å². The Morgan fingerprint density at radius 1 is 0.974 bits per heavy atom. The number of thiocarbonyl (C=S) groups is 1. The van der Waals surface area contributed by atoms with Crippen LogP contribution in [0.4, 0.5) is 5.69 Å². The molecule has 1 N–H and O–H groups in total. The fourth-order valence-corrected chi connectivity index (χ4v) is 6.64. The minimum Gasteiger partial charge on any atom is -0.490 e. The molecule has 1 aliphatic carbocycles. The number of benzene rings is 2. The summed E-state index contributed by atoms with van der Waals surface area (Å²) in [5.41, 5.74) is 7.62. The van der Waals surface area contributed by atoms with E-state index in [1.807, 2.05) is 30.5 Å². The van der Waals surface area contributed by atoms with Crippen LogP contribution in [0.25, 0.3) is 5.69 Å². The zero-order valence-corrected chi connectivity index (χ0v) is 24.1. The highest BCUT2D eigenvalue weighted by molar-refractivity contribution is 7.80. The lowest BCUT2D eigenvalue weighted by Gasteiger charge is -2.28. The van der Waals surface area contributed by atoms with Gasteiger partial charge in [-0.1, -0.05) is 23.7 Å². The van der Waals surface area contributed by atoms with Crippen LogP contribution in [-0.4, -0.2) is 20.8 Å². The number of nitrogens with one attached hydrogen (secondary N) is 1. The highest BCUT2D eigenvalue weighted by Gasteiger charge is 2.42. The van der Waals surface area contributed by atoms with Gasteiger partial charge in [-0.2, -0.15) is 0 Å². The third kappa shape index (κ3) is 4.81. The lowest BCUT2D eigenvalue weighted by atomic mass is 9.96. The molecule has 39 heavy (non-hydrogen) atoms. The first-order valence-corrected chi connectivity index (χ1v) is 14.4. The lowest BCUT2D eigenvalue weighted by Crippen LogP contribution is -2.29. The van der Waals surface area contributed by atoms with Crippen LogP contribution < -0.4 is 15.0 Å². The predicted molar refractivity (Wildman–Crippen MR) is 162 cm³/mol. The van der Waals surface area contributed by atoms with Gasteiger partial charge in [-0.05, 0) is 124 Å². The van der Waals surface area contributed by atoms with Gasteiger partial charge < -0.3 is 19.5 Å². The molecule has 6 rings (SSSR count). The van der Waals surface area contributed by atoms with Crippen molar-refractivity contribution in [3.63, 3.8) is 0 Å². The van der Waals surface area contributed by atoms with Gasteiger partial charge in [0, 0.05) is 34.0 Å². The highest BCUT2D eigenvalue weighted by Crippen LogP contribution is 2.44. The van der Waals surface area contributed by atoms with Crippen molar-refractivity contribution in [2.45, 2.75) is 64.6 Å². The topological polar surface area (TPSA) is 42.3 Å². The first-order valence-electron chi connectivity index (χ1n) is 13.6. The van der Waals surface area contributed by atoms with E-state index in [1.165, 1.54) is 18.4 Å². The molecular formula is C32H33ClN4OS. The Labute approximate surface area is 240 Å². The number of halogens is 1. The summed E-state index contributed by atoms with van der Waals surface area (Å²) in [5, 5.41) is 5.04. The largest absolute Gasteiger partial charge is 0.490 e. The van der Waals surface area contributed by atoms with E-state index in [4.69, 9.17) is 33.5 Å². The molecule has 0 bridgehead atoms. The zero-order valence-electron chi connectivity index (χ0n) is 22.5. The van der Waals surface area contributed by atoms with Gasteiger partial charge in [0.2, 0.25) is 0 Å². The number of hydrogen-bond donors (Lipinski definition) is 1. The molecule has 5 nitrogen and oxygen atoms in total. The molecule has 3 heterocycles. The fourth-order valence-electron chi connectivity index (χ4n) is 6.13. The second kappa shape index (κ2) is 10.7. The van der Waals surface area contributed by atoms with Gasteiger partial charge >= 0.3 is 0 Å². The van der Waals surface area contributed by atoms with Gasteiger partial charge in [-0.3, -0.25) is 4.98 Å². The number of ether oxygens (including phenoxy) is 1. The SMILES string of the molecule is Cc1c(Cl)cccc1-n1c(C)cc([C@@H]2[C@H](c3ccccn3)NC(=S)N2c2ccc(OC3CCCC3)cc2)c1C. The van der Waals surface area contributed by atoms with Crippen LogP contribution in [0.2, 0.25) is 5.02 Å². The van der Waals surface area contributed by atoms with E-state index >= 15 is 0 Å². The Bertz CT molecular complexity index is 1490. The second-order valence-electron chi connectivity index (χ2n) is 10.6. The molecule has 0 radical (unpaired) electrons. The molecule has 2 aliphatic rings. The van der Waals surface area contributed by atoms with Crippen molar-refractivity contribution in [2.24, 2.45) is 0 Å². The molecule has 2 fully saturated rings. The van der Waals surface area contributed by atoms with Crippen LogP contribution in [0.1, 0.15) is 66.0 Å². The molecule has 7 heteroatoms. The van der Waals surface area contributed by atoms with Crippen LogP contribution in [-0.2, 0) is 0 Å². The van der Waals surface area contributed by atoms with Gasteiger partial charge in [0.25, 0.3) is 0 Å². The van der Waals surface area contributed by atoms with Crippen LogP contribution in [0.3, 0.4) is 0 Å². The molecule has 1 aliphatic heterocycles. The number of pyridine rings is 1. The first-order chi connectivity index (χ1) is 18.9. The van der Waals surface area contributed by atoms with E-state index in [2.05, 4.69) is 78.0 Å². The van der Waals surface area contributed by atoms with Crippen LogP contribution >= 0.6 is 23.8 Å². The maximum Gasteiger partial charge on any atom is 0.174 e. The van der Waals surface area contributed by atoms with E-state index in [-0.39, 0.29) is 12.1 Å². The van der Waals surface area contributed by atoms with E-state index in [1.54, 1.807) is 0 Å². The summed E-state index contributed by atoms with van der Waals surface area (Å²) in [6.07, 6.45) is 6.94. The van der Waals surface area contributed by atoms with Crippen LogP contribution in [0, 0.1) is 20.8 Å². The van der Waals surface area contributed by atoms with Gasteiger partial charge in [0.15, 0.2) is 5.11 Å². The van der Waals surface area contributed by atoms with Crippen molar-refractivity contribution < 1.29 is 4.74 Å². The fraction of sp³-hybridized carbons (Fsp3) is 0.312. The average molecular weight is 557 g/mol. The smallest absolute Gasteiger partial charge is 0.174 e. The summed E-state index contributed by atoms with van der Waals surface area (Å²) >= 11 is 12.5. The van der Waals surface area contributed by atoms with Crippen LogP contribution in [0.15, 0.2) is 72.9 Å². The molecule has 0 spiro atoms. The summed E-state index contributed by atoms with van der Waals surface area (Å²) in [6.45, 7) is 6.39. The number of nitrogens with zero attached hydrogens (tertiary/aromatic N) is 3. The lowest BCUT2D eigenvalue weighted by molar-refractivity contribution is 0.210. The number of aryl methyl sites for hydroxylation is 1. The highest BCUT2D eigenvalue weighted by atomic mass is 35.5. The molecular weight excluding hydrogens is 524 g/mol. The summed E-state index contributed by atoms with van der Waals surface area (Å²) in [6, 6.07) is 22.6. The Morgan fingerprint density at radius 3 is 2.46 bits per heavy atom. The molecule has 2 atom stereocenters. The summed E-state index contributed by atoms with van der Waals surface area (Å²) in [4.78, 5) is 6.95. The van der Waals surface area contributed by atoms with Crippen molar-refractivity contribution in [1.82, 2.24) is 14.9 Å². The molecule has 1 saturated heterocycles. The maximum atomic E-state index is 6.53. The minimum absolute atomic E-state index is 0.0894. The molecule has 200 valence electrons. The third-order valence-corrected chi connectivity index (χ3v) is 8.81. The van der Waals surface area contributed by atoms with Crippen LogP contribution in [0.5, 0.6) is 5.75 Å². The van der Waals surface area contributed by atoms with Gasteiger partial charge in [-0.25, -0.2) is 0 Å². The third-order valence-electron chi connectivity index (χ3n) is 8.09. The van der Waals surface area contributed by atoms with E-state index in [0.717, 1.165) is 57.6 Å². The van der Waals surface area contributed by atoms with E-state index < -0.39 is 0 Å². The Hall–Kier alpha value is -3.35. The number of aromatic nitrogens is 2. The summed E-state index contributed by atoms with van der Waals surface area (Å²) < 4.78 is 8.53. The molecule has 2 aromatic heterocycles. The second-order valence-corrected chi connectivity index (χ2v) is 11.4. The van der Waals surface area contributed by atoms with Gasteiger partial charge in [-0.15, -0.1) is 0 Å². The first kappa shape index (κ1) is 25.9. The normalized spacial score (nSPS) is 19.5. The Kier molecular flexibility index (Phi) is 7.08. The average Bonchev–Trinajstić information content (AvgIpc) is 3.65. The van der Waals surface area contributed by atoms with Crippen molar-refractivity contribution in [3.8, 4) is 11.4 Å². The molecule has 0 amide bonds. The molecule has 4 aromatic rings. The number of hydrogen-bond acceptors (Lipinski definition) is 3. The van der Waals surface area contributed by atoms with Gasteiger partial charge in [0.1, 0.15) is 5.75 Å². The van der Waals surface area contributed by atoms with Crippen molar-refractivity contribution in [2.75, 3.05) is 4.90 Å². The molecule has 0 unspecified atom stereocenters. The molecule has 2 aromatic carbocycles. The Morgan fingerprint density at radius 2 is 1.74 bits per heavy atom. The predicted octanol–water partition coefficient (Wildman–Crippen LogP) is 7.95. The summed E-state index contributed by atoms with van der Waals surface area (Å²) in [7, 11) is 0. The Balaban J connectivity index is 1.43. The number of rotatable bonds is 6. The quantitative estimate of drug-likeness (QED) is 0.244. The standard InChI is InChI=1S/C32H33ClN4OS/c1-20-19-26(22(3)36(20)29-13-8-11-27(33)21(29)2)31-30(28-12-6-7-18-34-28)35-32(39)37(31)23-14-16-25(17-15-23)38-24-9-4-5-10-24/h6-8,11-19,24,30-31H,4-5,9-10H2,1-3H3,(H,35,39)/t30-,31+/m0/s1. The van der Waals surface area contributed by atoms with Crippen molar-refractivity contribution in [1.29, 1.82) is 0 Å². The van der Waals surface area contributed by atoms with E-state index in [0.29, 0.717) is 11.2 Å². The minimum atomic E-state index is -0.109. The van der Waals surface area contributed by atoms with Gasteiger partial charge in [0.05, 0.1) is 23.9 Å². The maximum absolute atomic E-state index is 6.53. The monoisotopic (exact) mass is 556 g/mol. The van der Waals surface area contributed by atoms with Crippen molar-refractivity contribution in [3.05, 3.63) is 106 Å². The van der Waals surface area contributed by atoms with Crippen molar-refractivity contribution >= 4 is 34.6 Å². The zero-order chi connectivity index (χ0) is 27.1. The number of anilines is 1. The summed E-state index contributed by atoms with van der Waals surface area (Å²) in [5.74, 6) is 0.913. The molecule has 1 saturated carbocycles.